The molecule has 0 aliphatic carbocycles. The second kappa shape index (κ2) is 7.70. The average molecular weight is 230 g/mol. The van der Waals surface area contributed by atoms with Gasteiger partial charge >= 0.3 is 12.0 Å². The van der Waals surface area contributed by atoms with E-state index in [1.807, 2.05) is 0 Å². The number of carboxylic acid groups (broad SMARTS) is 1. The van der Waals surface area contributed by atoms with E-state index in [4.69, 9.17) is 9.84 Å². The summed E-state index contributed by atoms with van der Waals surface area (Å²) in [6, 6.07) is -0.439. The van der Waals surface area contributed by atoms with Crippen LogP contribution in [-0.2, 0) is 9.53 Å². The molecule has 6 heteroatoms. The van der Waals surface area contributed by atoms with Gasteiger partial charge in [0.1, 0.15) is 6.54 Å². The maximum atomic E-state index is 11.5. The van der Waals surface area contributed by atoms with Crippen LogP contribution in [0.1, 0.15) is 6.92 Å². The van der Waals surface area contributed by atoms with Gasteiger partial charge in [0, 0.05) is 20.2 Å². The lowest BCUT2D eigenvalue weighted by Gasteiger charge is -2.20. The Morgan fingerprint density at radius 2 is 2.25 bits per heavy atom. The number of hydrogen-bond donors (Lipinski definition) is 2. The van der Waals surface area contributed by atoms with Crippen LogP contribution >= 0.6 is 0 Å². The Hall–Kier alpha value is -1.56. The van der Waals surface area contributed by atoms with Gasteiger partial charge in [-0.3, -0.25) is 4.79 Å². The van der Waals surface area contributed by atoms with Gasteiger partial charge in [-0.15, -0.1) is 6.58 Å². The minimum absolute atomic E-state index is 0.112. The molecule has 0 radical (unpaired) electrons. The smallest absolute Gasteiger partial charge is 0.323 e. The van der Waals surface area contributed by atoms with E-state index in [9.17, 15) is 9.59 Å². The molecule has 6 nitrogen and oxygen atoms in total. The average Bonchev–Trinajstić information content (AvgIpc) is 2.24. The van der Waals surface area contributed by atoms with Crippen LogP contribution in [0.25, 0.3) is 0 Å². The number of rotatable bonds is 7. The molecule has 0 heterocycles. The molecule has 92 valence electrons. The number of nitrogens with zero attached hydrogens (tertiary/aromatic N) is 1. The van der Waals surface area contributed by atoms with E-state index >= 15 is 0 Å². The molecule has 1 atom stereocenters. The van der Waals surface area contributed by atoms with Gasteiger partial charge in [0.15, 0.2) is 0 Å². The van der Waals surface area contributed by atoms with Gasteiger partial charge in [-0.25, -0.2) is 4.79 Å². The number of hydrogen-bond acceptors (Lipinski definition) is 3. The van der Waals surface area contributed by atoms with E-state index in [1.165, 1.54) is 13.2 Å². The normalized spacial score (nSPS) is 11.6. The van der Waals surface area contributed by atoms with Crippen molar-refractivity contribution in [1.82, 2.24) is 10.2 Å². The highest BCUT2D eigenvalue weighted by atomic mass is 16.5. The number of carboxylic acids is 1. The molecule has 0 aliphatic rings. The number of aliphatic carboxylic acids is 1. The minimum Gasteiger partial charge on any atom is -0.480 e. The van der Waals surface area contributed by atoms with Crippen LogP contribution in [0.2, 0.25) is 0 Å². The fourth-order valence-corrected chi connectivity index (χ4v) is 0.965. The van der Waals surface area contributed by atoms with Crippen molar-refractivity contribution in [3.8, 4) is 0 Å². The summed E-state index contributed by atoms with van der Waals surface area (Å²) in [7, 11) is 1.54. The summed E-state index contributed by atoms with van der Waals surface area (Å²) in [5, 5.41) is 11.2. The standard InChI is InChI=1S/C10H18N2O4/c1-4-5-12(7-9(13)14)10(15)11-6-8(2)16-3/h4,8H,1,5-7H2,2-3H3,(H,11,15)(H,13,14). The van der Waals surface area contributed by atoms with E-state index in [0.717, 1.165) is 4.90 Å². The molecule has 1 unspecified atom stereocenters. The lowest BCUT2D eigenvalue weighted by atomic mass is 10.4. The number of carbonyl (C=O) groups is 2. The molecule has 0 aromatic rings. The van der Waals surface area contributed by atoms with Crippen molar-refractivity contribution in [2.75, 3.05) is 26.7 Å². The summed E-state index contributed by atoms with van der Waals surface area (Å²) in [6.07, 6.45) is 1.36. The number of carbonyl (C=O) groups excluding carboxylic acids is 1. The summed E-state index contributed by atoms with van der Waals surface area (Å²) in [4.78, 5) is 23.2. The van der Waals surface area contributed by atoms with Gasteiger partial charge in [0.2, 0.25) is 0 Å². The largest absolute Gasteiger partial charge is 0.480 e. The van der Waals surface area contributed by atoms with E-state index in [0.29, 0.717) is 6.54 Å². The number of amides is 2. The Labute approximate surface area is 94.9 Å². The number of methoxy groups -OCH3 is 1. The van der Waals surface area contributed by atoms with Crippen LogP contribution in [0.15, 0.2) is 12.7 Å². The first-order chi connectivity index (χ1) is 7.51. The van der Waals surface area contributed by atoms with E-state index in [2.05, 4.69) is 11.9 Å². The molecule has 0 saturated carbocycles. The second-order valence-corrected chi connectivity index (χ2v) is 3.30. The third kappa shape index (κ3) is 6.02. The van der Waals surface area contributed by atoms with Gasteiger partial charge in [-0.1, -0.05) is 6.08 Å². The predicted molar refractivity (Wildman–Crippen MR) is 59.3 cm³/mol. The third-order valence-electron chi connectivity index (χ3n) is 1.91. The van der Waals surface area contributed by atoms with Crippen LogP contribution in [0.4, 0.5) is 4.79 Å². The minimum atomic E-state index is -1.06. The number of urea groups is 1. The zero-order valence-corrected chi connectivity index (χ0v) is 9.60. The first kappa shape index (κ1) is 14.4. The molecule has 0 saturated heterocycles. The first-order valence-electron chi connectivity index (χ1n) is 4.89. The summed E-state index contributed by atoms with van der Waals surface area (Å²) >= 11 is 0. The Morgan fingerprint density at radius 3 is 2.69 bits per heavy atom. The Kier molecular flexibility index (Phi) is 6.95. The van der Waals surface area contributed by atoms with Crippen molar-refractivity contribution in [2.24, 2.45) is 0 Å². The fraction of sp³-hybridized carbons (Fsp3) is 0.600. The maximum absolute atomic E-state index is 11.5. The highest BCUT2D eigenvalue weighted by Gasteiger charge is 2.15. The molecule has 0 bridgehead atoms. The monoisotopic (exact) mass is 230 g/mol. The van der Waals surface area contributed by atoms with Crippen molar-refractivity contribution in [3.05, 3.63) is 12.7 Å². The number of ether oxygens (including phenoxy) is 1. The topological polar surface area (TPSA) is 78.9 Å². The third-order valence-corrected chi connectivity index (χ3v) is 1.91. The Morgan fingerprint density at radius 1 is 1.62 bits per heavy atom. The van der Waals surface area contributed by atoms with E-state index < -0.39 is 12.0 Å². The maximum Gasteiger partial charge on any atom is 0.323 e. The summed E-state index contributed by atoms with van der Waals surface area (Å²) in [5.41, 5.74) is 0. The second-order valence-electron chi connectivity index (χ2n) is 3.30. The lowest BCUT2D eigenvalue weighted by molar-refractivity contribution is -0.137. The lowest BCUT2D eigenvalue weighted by Crippen LogP contribution is -2.44. The van der Waals surface area contributed by atoms with Crippen molar-refractivity contribution in [1.29, 1.82) is 0 Å². The SMILES string of the molecule is C=CCN(CC(=O)O)C(=O)NCC(C)OC. The summed E-state index contributed by atoms with van der Waals surface area (Å²) in [5.74, 6) is -1.06. The zero-order valence-electron chi connectivity index (χ0n) is 9.60. The first-order valence-corrected chi connectivity index (χ1v) is 4.89. The molecule has 0 fully saturated rings. The molecule has 0 aromatic carbocycles. The molecule has 0 spiro atoms. The van der Waals surface area contributed by atoms with Crippen LogP contribution in [0.5, 0.6) is 0 Å². The molecule has 2 amide bonds. The summed E-state index contributed by atoms with van der Waals surface area (Å²) < 4.78 is 4.95. The molecule has 0 aliphatic heterocycles. The fourth-order valence-electron chi connectivity index (χ4n) is 0.965. The molecule has 2 N–H and O–H groups in total. The van der Waals surface area contributed by atoms with Gasteiger partial charge < -0.3 is 20.1 Å². The Bertz CT molecular complexity index is 255. The van der Waals surface area contributed by atoms with E-state index in [-0.39, 0.29) is 19.2 Å². The molecule has 0 aromatic heterocycles. The van der Waals surface area contributed by atoms with Crippen LogP contribution < -0.4 is 5.32 Å². The van der Waals surface area contributed by atoms with Crippen LogP contribution in [0.3, 0.4) is 0 Å². The van der Waals surface area contributed by atoms with Crippen molar-refractivity contribution in [3.63, 3.8) is 0 Å². The van der Waals surface area contributed by atoms with Gasteiger partial charge in [-0.2, -0.15) is 0 Å². The molecule has 16 heavy (non-hydrogen) atoms. The molecular formula is C10H18N2O4. The van der Waals surface area contributed by atoms with Gasteiger partial charge in [0.25, 0.3) is 0 Å². The van der Waals surface area contributed by atoms with E-state index in [1.54, 1.807) is 6.92 Å². The number of nitrogens with one attached hydrogen (secondary N) is 1. The van der Waals surface area contributed by atoms with Crippen molar-refractivity contribution >= 4 is 12.0 Å². The molecule has 0 rings (SSSR count). The van der Waals surface area contributed by atoms with Gasteiger partial charge in [0.05, 0.1) is 6.10 Å². The predicted octanol–water partition coefficient (Wildman–Crippen LogP) is 0.303. The van der Waals surface area contributed by atoms with Crippen molar-refractivity contribution in [2.45, 2.75) is 13.0 Å². The zero-order chi connectivity index (χ0) is 12.6. The molecular weight excluding hydrogens is 212 g/mol. The quantitative estimate of drug-likeness (QED) is 0.617. The Balaban J connectivity index is 4.15. The highest BCUT2D eigenvalue weighted by molar-refractivity contribution is 5.80. The summed E-state index contributed by atoms with van der Waals surface area (Å²) in [6.45, 7) is 5.45. The van der Waals surface area contributed by atoms with Crippen molar-refractivity contribution < 1.29 is 19.4 Å². The van der Waals surface area contributed by atoms with Crippen LogP contribution in [-0.4, -0.2) is 54.9 Å². The van der Waals surface area contributed by atoms with Gasteiger partial charge in [-0.05, 0) is 6.92 Å². The highest BCUT2D eigenvalue weighted by Crippen LogP contribution is 1.92. The van der Waals surface area contributed by atoms with Crippen LogP contribution in [0, 0.1) is 0 Å².